The van der Waals surface area contributed by atoms with E-state index in [2.05, 4.69) is 354 Å². The van der Waals surface area contributed by atoms with Crippen molar-refractivity contribution in [2.75, 3.05) is 0 Å². The van der Waals surface area contributed by atoms with Gasteiger partial charge < -0.3 is 0 Å². The van der Waals surface area contributed by atoms with E-state index in [1.54, 1.807) is 0 Å². The lowest BCUT2D eigenvalue weighted by Crippen LogP contribution is -2.28. The van der Waals surface area contributed by atoms with Gasteiger partial charge in [-0.05, 0) is 166 Å². The fourth-order valence-corrected chi connectivity index (χ4v) is 17.6. The van der Waals surface area contributed by atoms with Crippen molar-refractivity contribution in [2.24, 2.45) is 0 Å². The van der Waals surface area contributed by atoms with Gasteiger partial charge in [-0.3, -0.25) is 0 Å². The van der Waals surface area contributed by atoms with Crippen molar-refractivity contribution < 1.29 is 0 Å². The van der Waals surface area contributed by atoms with Crippen LogP contribution < -0.4 is 0 Å². The molecule has 6 nitrogen and oxygen atoms in total. The molecule has 6 heteroatoms. The summed E-state index contributed by atoms with van der Waals surface area (Å²) in [5, 5.41) is 19.3. The van der Waals surface area contributed by atoms with E-state index in [-0.39, 0.29) is 5.41 Å². The molecule has 2 aromatic heterocycles. The molecule has 104 heavy (non-hydrogen) atoms. The maximum Gasteiger partial charge on any atom is 0.164 e. The van der Waals surface area contributed by atoms with Crippen LogP contribution in [0.2, 0.25) is 0 Å². The summed E-state index contributed by atoms with van der Waals surface area (Å²) in [5.74, 6) is 3.98. The molecule has 0 amide bonds. The standard InChI is InChI=1S/C50H31N3.C48H31N3/c1-50(2)41-12-4-3-11-35(41)36-22-21-34(27-42(36)50)47-51-48(39-25-19-32-15-13-28-7-5-9-30-17-23-37(39)45(32)43(28)30)53-49(52-47)40-26-20-33-16-14-29-8-6-10-31-18-24-38(40)46(33)44(29)31;1-3-19-35(20-4-1)48(36-21-5-2-6-22-36)43-28-12-11-25-39(43)40-30-29-34(31-44(40)48)45-49-46(41-26-13-17-32-15-7-9-23-37(32)41)51-47(50-45)42-27-14-18-33-16-8-10-24-38(33)42/h3-27H,1-2H3;1-31H. The predicted octanol–water partition coefficient (Wildman–Crippen LogP) is 24.5. The van der Waals surface area contributed by atoms with Crippen LogP contribution in [-0.2, 0) is 10.8 Å². The summed E-state index contributed by atoms with van der Waals surface area (Å²) in [6, 6.07) is 122. The molecular formula is C98H62N6. The zero-order valence-electron chi connectivity index (χ0n) is 57.0. The minimum Gasteiger partial charge on any atom is -0.208 e. The second kappa shape index (κ2) is 23.1. The monoisotopic (exact) mass is 1320 g/mol. The van der Waals surface area contributed by atoms with Crippen LogP contribution in [0.3, 0.4) is 0 Å². The first-order chi connectivity index (χ1) is 51.3. The van der Waals surface area contributed by atoms with Gasteiger partial charge in [0.1, 0.15) is 0 Å². The van der Waals surface area contributed by atoms with E-state index in [0.29, 0.717) is 34.9 Å². The Kier molecular flexibility index (Phi) is 13.2. The second-order valence-corrected chi connectivity index (χ2v) is 28.3. The number of rotatable bonds is 8. The first-order valence-electron chi connectivity index (χ1n) is 35.7. The van der Waals surface area contributed by atoms with Crippen molar-refractivity contribution in [3.05, 3.63) is 373 Å². The molecule has 22 rings (SSSR count). The van der Waals surface area contributed by atoms with E-state index in [1.807, 2.05) is 0 Å². The molecule has 18 aromatic carbocycles. The van der Waals surface area contributed by atoms with Crippen molar-refractivity contribution in [3.63, 3.8) is 0 Å². The quantitative estimate of drug-likeness (QED) is 0.141. The zero-order valence-corrected chi connectivity index (χ0v) is 57.0. The maximum absolute atomic E-state index is 5.38. The number of hydrogen-bond donors (Lipinski definition) is 0. The summed E-state index contributed by atoms with van der Waals surface area (Å²) < 4.78 is 0. The SMILES string of the molecule is CC1(C)c2ccccc2-c2ccc(-c3nc(-c4ccc5ccc6cccc7ccc4c5c67)nc(-c4ccc5ccc6cccc7ccc4c5c67)n3)cc21.c1ccc(C2(c3ccccc3)c3ccccc3-c3ccc(-c4nc(-c5cccc6ccccc56)nc(-c5cccc6ccccc56)n4)cc32)cc1. The van der Waals surface area contributed by atoms with Crippen molar-refractivity contribution in [3.8, 4) is 90.6 Å². The molecule has 0 fully saturated rings. The lowest BCUT2D eigenvalue weighted by Gasteiger charge is -2.34. The van der Waals surface area contributed by atoms with Gasteiger partial charge in [-0.25, -0.2) is 29.9 Å². The third-order valence-electron chi connectivity index (χ3n) is 22.4. The molecule has 0 atom stereocenters. The van der Waals surface area contributed by atoms with E-state index < -0.39 is 5.41 Å². The maximum atomic E-state index is 5.38. The molecule has 0 spiro atoms. The molecule has 2 aliphatic rings. The highest BCUT2D eigenvalue weighted by Gasteiger charge is 2.46. The highest BCUT2D eigenvalue weighted by Crippen LogP contribution is 2.57. The normalized spacial score (nSPS) is 13.2. The van der Waals surface area contributed by atoms with E-state index >= 15 is 0 Å². The summed E-state index contributed by atoms with van der Waals surface area (Å²) in [6.45, 7) is 4.64. The van der Waals surface area contributed by atoms with E-state index in [0.717, 1.165) is 65.7 Å². The highest BCUT2D eigenvalue weighted by atomic mass is 15.0. The minimum atomic E-state index is -0.519. The Morgan fingerprint density at radius 1 is 0.192 bits per heavy atom. The summed E-state index contributed by atoms with van der Waals surface area (Å²) in [6.07, 6.45) is 0. The first-order valence-corrected chi connectivity index (χ1v) is 35.7. The molecule has 0 saturated carbocycles. The lowest BCUT2D eigenvalue weighted by molar-refractivity contribution is 0.660. The smallest absolute Gasteiger partial charge is 0.164 e. The Morgan fingerprint density at radius 3 is 0.990 bits per heavy atom. The molecule has 0 radical (unpaired) electrons. The van der Waals surface area contributed by atoms with Gasteiger partial charge in [0.05, 0.1) is 5.41 Å². The molecule has 0 unspecified atom stereocenters. The molecule has 0 N–H and O–H groups in total. The number of nitrogens with zero attached hydrogens (tertiary/aromatic N) is 6. The molecule has 0 saturated heterocycles. The van der Waals surface area contributed by atoms with Crippen molar-refractivity contribution >= 4 is 86.2 Å². The van der Waals surface area contributed by atoms with Crippen LogP contribution in [0.1, 0.15) is 47.2 Å². The fraction of sp³-hybridized carbons (Fsp3) is 0.0408. The van der Waals surface area contributed by atoms with Crippen LogP contribution in [0.4, 0.5) is 0 Å². The number of hydrogen-bond acceptors (Lipinski definition) is 6. The number of fused-ring (bicyclic) bond motifs is 8. The first kappa shape index (κ1) is 59.4. The van der Waals surface area contributed by atoms with E-state index in [1.165, 1.54) is 109 Å². The van der Waals surface area contributed by atoms with E-state index in [4.69, 9.17) is 29.9 Å². The molecular weight excluding hydrogens is 1260 g/mol. The summed E-state index contributed by atoms with van der Waals surface area (Å²) in [5.41, 5.74) is 17.9. The summed E-state index contributed by atoms with van der Waals surface area (Å²) in [7, 11) is 0. The van der Waals surface area contributed by atoms with Gasteiger partial charge in [-0.15, -0.1) is 0 Å². The third kappa shape index (κ3) is 9.01. The van der Waals surface area contributed by atoms with Gasteiger partial charge in [0, 0.05) is 38.8 Å². The van der Waals surface area contributed by atoms with Crippen molar-refractivity contribution in [1.82, 2.24) is 29.9 Å². The van der Waals surface area contributed by atoms with Crippen molar-refractivity contribution in [1.29, 1.82) is 0 Å². The molecule has 2 heterocycles. The summed E-state index contributed by atoms with van der Waals surface area (Å²) >= 11 is 0. The van der Waals surface area contributed by atoms with Gasteiger partial charge in [0.15, 0.2) is 34.9 Å². The Bertz CT molecular complexity index is 6550. The topological polar surface area (TPSA) is 77.3 Å². The molecule has 0 aliphatic heterocycles. The average molecular weight is 1320 g/mol. The minimum absolute atomic E-state index is 0.140. The Labute approximate surface area is 600 Å². The van der Waals surface area contributed by atoms with Crippen LogP contribution in [0.25, 0.3) is 177 Å². The third-order valence-corrected chi connectivity index (χ3v) is 22.4. The van der Waals surface area contributed by atoms with Gasteiger partial charge in [0.25, 0.3) is 0 Å². The Hall–Kier alpha value is -13.4. The molecule has 2 aliphatic carbocycles. The van der Waals surface area contributed by atoms with Crippen molar-refractivity contribution in [2.45, 2.75) is 24.7 Å². The van der Waals surface area contributed by atoms with Crippen LogP contribution in [0, 0.1) is 0 Å². The van der Waals surface area contributed by atoms with E-state index in [9.17, 15) is 0 Å². The predicted molar refractivity (Wildman–Crippen MR) is 430 cm³/mol. The largest absolute Gasteiger partial charge is 0.208 e. The second-order valence-electron chi connectivity index (χ2n) is 28.3. The van der Waals surface area contributed by atoms with Crippen LogP contribution in [0.15, 0.2) is 340 Å². The average Bonchev–Trinajstić information content (AvgIpc) is 1.57. The molecule has 0 bridgehead atoms. The van der Waals surface area contributed by atoms with Crippen LogP contribution in [0.5, 0.6) is 0 Å². The van der Waals surface area contributed by atoms with Crippen LogP contribution in [-0.4, -0.2) is 29.9 Å². The molecule has 484 valence electrons. The number of aromatic nitrogens is 6. The van der Waals surface area contributed by atoms with Gasteiger partial charge in [-0.1, -0.05) is 329 Å². The fourth-order valence-electron chi connectivity index (χ4n) is 17.6. The summed E-state index contributed by atoms with van der Waals surface area (Å²) in [4.78, 5) is 31.8. The lowest BCUT2D eigenvalue weighted by atomic mass is 9.67. The Morgan fingerprint density at radius 2 is 0.500 bits per heavy atom. The number of benzene rings is 18. The zero-order chi connectivity index (χ0) is 68.8. The van der Waals surface area contributed by atoms with Crippen LogP contribution >= 0.6 is 0 Å². The van der Waals surface area contributed by atoms with Gasteiger partial charge >= 0.3 is 0 Å². The Balaban J connectivity index is 0.000000135. The van der Waals surface area contributed by atoms with Gasteiger partial charge in [0.2, 0.25) is 0 Å². The van der Waals surface area contributed by atoms with Gasteiger partial charge in [-0.2, -0.15) is 0 Å². The molecule has 20 aromatic rings. The highest BCUT2D eigenvalue weighted by molar-refractivity contribution is 6.27.